The highest BCUT2D eigenvalue weighted by atomic mass is 16.2. The van der Waals surface area contributed by atoms with Gasteiger partial charge in [0.05, 0.1) is 0 Å². The van der Waals surface area contributed by atoms with Crippen molar-refractivity contribution in [1.29, 1.82) is 0 Å². The smallest absolute Gasteiger partial charge is 0.246 e. The van der Waals surface area contributed by atoms with E-state index in [0.29, 0.717) is 13.1 Å². The number of hydrogen-bond donors (Lipinski definition) is 1. The molecule has 1 fully saturated rings. The normalized spacial score (nSPS) is 17.3. The molecule has 0 aliphatic carbocycles. The van der Waals surface area contributed by atoms with E-state index in [2.05, 4.69) is 42.8 Å². The van der Waals surface area contributed by atoms with Crippen LogP contribution in [-0.4, -0.2) is 46.5 Å². The number of piperidine rings is 1. The second-order valence-corrected chi connectivity index (χ2v) is 9.04. The van der Waals surface area contributed by atoms with Crippen molar-refractivity contribution in [3.8, 4) is 0 Å². The van der Waals surface area contributed by atoms with E-state index in [1.54, 1.807) is 12.3 Å². The molecule has 0 bridgehead atoms. The minimum absolute atomic E-state index is 0.0492. The number of aromatic nitrogens is 3. The lowest BCUT2D eigenvalue weighted by Gasteiger charge is -2.32. The summed E-state index contributed by atoms with van der Waals surface area (Å²) < 4.78 is 1.92. The van der Waals surface area contributed by atoms with E-state index in [-0.39, 0.29) is 11.8 Å². The van der Waals surface area contributed by atoms with E-state index >= 15 is 0 Å². The van der Waals surface area contributed by atoms with Gasteiger partial charge < -0.3 is 10.2 Å². The number of amides is 1. The first-order valence-corrected chi connectivity index (χ1v) is 12.2. The molecule has 2 aromatic rings. The lowest BCUT2D eigenvalue weighted by Crippen LogP contribution is -2.39. The van der Waals surface area contributed by atoms with Gasteiger partial charge in [-0.2, -0.15) is 5.10 Å². The summed E-state index contributed by atoms with van der Waals surface area (Å²) in [5, 5.41) is 8.09. The number of carbonyl (C=O) groups excluding carboxylic acids is 1. The summed E-state index contributed by atoms with van der Waals surface area (Å²) in [5.41, 5.74) is 5.34. The van der Waals surface area contributed by atoms with Crippen molar-refractivity contribution in [2.24, 2.45) is 5.92 Å². The summed E-state index contributed by atoms with van der Waals surface area (Å²) in [6.07, 6.45) is 19.0. The Kier molecular flexibility index (Phi) is 9.47. The molecule has 1 aliphatic rings. The maximum Gasteiger partial charge on any atom is 0.246 e. The first-order valence-electron chi connectivity index (χ1n) is 12.2. The second-order valence-electron chi connectivity index (χ2n) is 9.04. The summed E-state index contributed by atoms with van der Waals surface area (Å²) in [7, 11) is 2.06. The molecular formula is C28H36BN5O. The van der Waals surface area contributed by atoms with Gasteiger partial charge in [0.25, 0.3) is 0 Å². The molecule has 0 spiro atoms. The van der Waals surface area contributed by atoms with Crippen molar-refractivity contribution in [3.05, 3.63) is 96.2 Å². The van der Waals surface area contributed by atoms with Crippen LogP contribution in [0.3, 0.4) is 0 Å². The topological polar surface area (TPSA) is 63.1 Å². The van der Waals surface area contributed by atoms with Gasteiger partial charge in [0.15, 0.2) is 0 Å². The van der Waals surface area contributed by atoms with Crippen LogP contribution in [0.2, 0.25) is 0 Å². The van der Waals surface area contributed by atoms with Crippen molar-refractivity contribution in [2.75, 3.05) is 13.1 Å². The summed E-state index contributed by atoms with van der Waals surface area (Å²) >= 11 is 0. The number of nitrogens with one attached hydrogen (secondary N) is 1. The number of hydrogen-bond acceptors (Lipinski definition) is 4. The van der Waals surface area contributed by atoms with Crippen LogP contribution in [0, 0.1) is 12.8 Å². The first kappa shape index (κ1) is 26.0. The fourth-order valence-corrected chi connectivity index (χ4v) is 4.00. The van der Waals surface area contributed by atoms with Crippen molar-refractivity contribution >= 4 is 25.0 Å². The third kappa shape index (κ3) is 7.44. The van der Waals surface area contributed by atoms with Crippen molar-refractivity contribution in [1.82, 2.24) is 25.0 Å². The van der Waals surface area contributed by atoms with Gasteiger partial charge in [0.1, 0.15) is 13.7 Å². The first-order chi connectivity index (χ1) is 16.9. The largest absolute Gasteiger partial charge is 0.366 e. The van der Waals surface area contributed by atoms with Crippen LogP contribution in [-0.2, 0) is 11.3 Å². The Labute approximate surface area is 210 Å². The van der Waals surface area contributed by atoms with Gasteiger partial charge in [-0.3, -0.25) is 9.78 Å². The molecule has 1 unspecified atom stereocenters. The molecule has 3 rings (SSSR count). The lowest BCUT2D eigenvalue weighted by atomic mass is 9.91. The van der Waals surface area contributed by atoms with Crippen LogP contribution in [0.15, 0.2) is 84.9 Å². The number of carbonyl (C=O) groups is 1. The molecule has 182 valence electrons. The van der Waals surface area contributed by atoms with E-state index < -0.39 is 0 Å². The quantitative estimate of drug-likeness (QED) is 0.348. The van der Waals surface area contributed by atoms with E-state index in [9.17, 15) is 4.79 Å². The Balaban J connectivity index is 1.74. The van der Waals surface area contributed by atoms with Gasteiger partial charge in [-0.1, -0.05) is 42.5 Å². The monoisotopic (exact) mass is 469 g/mol. The standard InChI is InChI=1S/C28H36BN5O/c1-5-6-9-21(2)12-13-28(35)33-15-8-11-25(20-33)22(3)16-27(34-23(4)26(29)19-32-34)31-18-24-10-7-14-30-17-24/h5-7,9-10,12-14,16-17,19,25,31H,3,8,11,15,18,20,29H2,1-2,4H3/b6-5-,13-12+,21-9+,27-16-. The van der Waals surface area contributed by atoms with E-state index in [0.717, 1.165) is 53.1 Å². The zero-order chi connectivity index (χ0) is 25.2. The van der Waals surface area contributed by atoms with Gasteiger partial charge in [0.2, 0.25) is 5.91 Å². The number of likely N-dealkylation sites (tertiary alicyclic amines) is 1. The molecule has 1 atom stereocenters. The Morgan fingerprint density at radius 3 is 2.86 bits per heavy atom. The summed E-state index contributed by atoms with van der Waals surface area (Å²) in [5.74, 6) is 1.12. The molecule has 1 amide bonds. The SMILES string of the molecule is Bc1cnn(/C(=C\C(=C)C2CCCN(C(=O)/C=C/C(C)=C/C=C\C)C2)NCc2cccnc2)c1C. The zero-order valence-corrected chi connectivity index (χ0v) is 21.4. The van der Waals surface area contributed by atoms with Crippen molar-refractivity contribution in [2.45, 2.75) is 40.2 Å². The average Bonchev–Trinajstić information content (AvgIpc) is 3.22. The highest BCUT2D eigenvalue weighted by Crippen LogP contribution is 2.25. The molecule has 3 heterocycles. The third-order valence-corrected chi connectivity index (χ3v) is 6.30. The lowest BCUT2D eigenvalue weighted by molar-refractivity contribution is -0.127. The van der Waals surface area contributed by atoms with Gasteiger partial charge >= 0.3 is 0 Å². The Morgan fingerprint density at radius 2 is 2.17 bits per heavy atom. The molecule has 7 heteroatoms. The van der Waals surface area contributed by atoms with E-state index in [4.69, 9.17) is 0 Å². The van der Waals surface area contributed by atoms with E-state index in [1.165, 1.54) is 0 Å². The average molecular weight is 469 g/mol. The maximum absolute atomic E-state index is 12.8. The molecule has 0 radical (unpaired) electrons. The Morgan fingerprint density at radius 1 is 1.34 bits per heavy atom. The van der Waals surface area contributed by atoms with Gasteiger partial charge in [0, 0.05) is 55.9 Å². The van der Waals surface area contributed by atoms with Gasteiger partial charge in [-0.05, 0) is 62.4 Å². The predicted molar refractivity (Wildman–Crippen MR) is 147 cm³/mol. The number of pyridine rings is 1. The molecule has 1 N–H and O–H groups in total. The molecule has 1 aliphatic heterocycles. The molecule has 35 heavy (non-hydrogen) atoms. The van der Waals surface area contributed by atoms with Crippen LogP contribution in [0.5, 0.6) is 0 Å². The fraction of sp³-hybridized carbons (Fsp3) is 0.321. The molecule has 6 nitrogen and oxygen atoms in total. The van der Waals surface area contributed by atoms with Gasteiger partial charge in [-0.15, -0.1) is 0 Å². The highest BCUT2D eigenvalue weighted by molar-refractivity contribution is 6.33. The molecular weight excluding hydrogens is 433 g/mol. The second kappa shape index (κ2) is 12.7. The van der Waals surface area contributed by atoms with Gasteiger partial charge in [-0.25, -0.2) is 4.68 Å². The zero-order valence-electron chi connectivity index (χ0n) is 21.4. The summed E-state index contributed by atoms with van der Waals surface area (Å²) in [4.78, 5) is 18.9. The van der Waals surface area contributed by atoms with Crippen LogP contribution in [0.4, 0.5) is 0 Å². The maximum atomic E-state index is 12.8. The predicted octanol–water partition coefficient (Wildman–Crippen LogP) is 3.31. The van der Waals surface area contributed by atoms with Crippen molar-refractivity contribution in [3.63, 3.8) is 0 Å². The molecule has 2 aromatic heterocycles. The van der Waals surface area contributed by atoms with Crippen LogP contribution in [0.1, 0.15) is 37.9 Å². The molecule has 1 saturated heterocycles. The minimum Gasteiger partial charge on any atom is -0.366 e. The summed E-state index contributed by atoms with van der Waals surface area (Å²) in [6.45, 7) is 12.5. The highest BCUT2D eigenvalue weighted by Gasteiger charge is 2.24. The third-order valence-electron chi connectivity index (χ3n) is 6.30. The molecule has 0 saturated carbocycles. The molecule has 0 aromatic carbocycles. The Bertz CT molecular complexity index is 1140. The van der Waals surface area contributed by atoms with E-state index in [1.807, 2.05) is 72.3 Å². The van der Waals surface area contributed by atoms with Crippen LogP contribution < -0.4 is 10.8 Å². The number of rotatable bonds is 9. The fourth-order valence-electron chi connectivity index (χ4n) is 4.00. The van der Waals surface area contributed by atoms with Crippen molar-refractivity contribution < 1.29 is 4.79 Å². The minimum atomic E-state index is 0.0492. The van der Waals surface area contributed by atoms with Crippen LogP contribution in [0.25, 0.3) is 5.82 Å². The number of nitrogens with zero attached hydrogens (tertiary/aromatic N) is 4. The summed E-state index contributed by atoms with van der Waals surface area (Å²) in [6, 6.07) is 3.98. The Hall–Kier alpha value is -3.61. The van der Waals surface area contributed by atoms with Crippen LogP contribution >= 0.6 is 0 Å². The number of allylic oxidation sites excluding steroid dienone is 6.